The van der Waals surface area contributed by atoms with Gasteiger partial charge in [-0.05, 0) is 12.5 Å². The molecule has 0 amide bonds. The summed E-state index contributed by atoms with van der Waals surface area (Å²) in [4.78, 5) is 0.150. The Morgan fingerprint density at radius 3 is 2.67 bits per heavy atom. The van der Waals surface area contributed by atoms with Gasteiger partial charge in [-0.1, -0.05) is 30.4 Å². The largest absolute Gasteiger partial charge is 0.389 e. The van der Waals surface area contributed by atoms with E-state index in [4.69, 9.17) is 27.4 Å². The van der Waals surface area contributed by atoms with Crippen LogP contribution in [0, 0.1) is 0 Å². The molecule has 0 radical (unpaired) electrons. The van der Waals surface area contributed by atoms with Crippen LogP contribution in [0.4, 0.5) is 0 Å². The van der Waals surface area contributed by atoms with Gasteiger partial charge in [-0.15, -0.1) is 0 Å². The number of benzene rings is 1. The van der Waals surface area contributed by atoms with Crippen LogP contribution in [0.3, 0.4) is 0 Å². The Bertz CT molecular complexity index is 561. The van der Waals surface area contributed by atoms with Crippen LogP contribution in [0.25, 0.3) is 0 Å². The van der Waals surface area contributed by atoms with E-state index in [0.29, 0.717) is 31.8 Å². The number of nitrogens with two attached hydrogens (primary N) is 1. The van der Waals surface area contributed by atoms with Gasteiger partial charge in [0.2, 0.25) is 10.0 Å². The smallest absolute Gasteiger partial charge is 0.241 e. The van der Waals surface area contributed by atoms with Crippen LogP contribution >= 0.6 is 12.2 Å². The lowest BCUT2D eigenvalue weighted by Gasteiger charge is -2.10. The van der Waals surface area contributed by atoms with Gasteiger partial charge in [0.15, 0.2) is 0 Å². The van der Waals surface area contributed by atoms with Crippen molar-refractivity contribution in [1.82, 2.24) is 4.72 Å². The lowest BCUT2D eigenvalue weighted by molar-refractivity contribution is 0.0699. The Hall–Kier alpha value is -1.06. The molecule has 0 unspecified atom stereocenters. The third kappa shape index (κ3) is 6.06. The molecular formula is C13H20N2O4S2. The number of rotatable bonds is 10. The Labute approximate surface area is 130 Å². The second kappa shape index (κ2) is 9.06. The Morgan fingerprint density at radius 2 is 2.00 bits per heavy atom. The fourth-order valence-corrected chi connectivity index (χ4v) is 3.14. The van der Waals surface area contributed by atoms with E-state index in [0.717, 1.165) is 0 Å². The molecule has 0 aliphatic carbocycles. The molecule has 0 bridgehead atoms. The molecule has 6 nitrogen and oxygen atoms in total. The minimum atomic E-state index is -3.63. The predicted molar refractivity (Wildman–Crippen MR) is 84.8 cm³/mol. The summed E-state index contributed by atoms with van der Waals surface area (Å²) >= 11 is 4.87. The maximum absolute atomic E-state index is 12.2. The number of methoxy groups -OCH3 is 1. The monoisotopic (exact) mass is 332 g/mol. The van der Waals surface area contributed by atoms with Crippen molar-refractivity contribution >= 4 is 27.2 Å². The molecule has 0 fully saturated rings. The van der Waals surface area contributed by atoms with Gasteiger partial charge >= 0.3 is 0 Å². The molecule has 0 aliphatic heterocycles. The third-order valence-corrected chi connectivity index (χ3v) is 4.37. The maximum Gasteiger partial charge on any atom is 0.241 e. The summed E-state index contributed by atoms with van der Waals surface area (Å²) < 4.78 is 37.0. The van der Waals surface area contributed by atoms with Crippen molar-refractivity contribution in [1.29, 1.82) is 0 Å². The molecule has 0 spiro atoms. The van der Waals surface area contributed by atoms with Crippen molar-refractivity contribution in [3.63, 3.8) is 0 Å². The van der Waals surface area contributed by atoms with E-state index in [9.17, 15) is 8.42 Å². The first kappa shape index (κ1) is 18.0. The van der Waals surface area contributed by atoms with E-state index < -0.39 is 10.0 Å². The van der Waals surface area contributed by atoms with Gasteiger partial charge in [0.05, 0.1) is 18.1 Å². The SMILES string of the molecule is COCCOCCCNS(=O)(=O)c1ccccc1C(N)=S. The molecule has 1 aromatic rings. The zero-order valence-corrected chi connectivity index (χ0v) is 13.5. The van der Waals surface area contributed by atoms with Gasteiger partial charge in [-0.2, -0.15) is 0 Å². The molecule has 1 aromatic carbocycles. The van der Waals surface area contributed by atoms with Gasteiger partial charge in [0, 0.05) is 25.8 Å². The van der Waals surface area contributed by atoms with Crippen molar-refractivity contribution < 1.29 is 17.9 Å². The molecule has 8 heteroatoms. The standard InChI is InChI=1S/C13H20N2O4S2/c1-18-9-10-19-8-4-7-15-21(16,17)12-6-3-2-5-11(12)13(14)20/h2-3,5-6,15H,4,7-10H2,1H3,(H2,14,20). The van der Waals surface area contributed by atoms with Crippen LogP contribution in [-0.2, 0) is 19.5 Å². The topological polar surface area (TPSA) is 90.6 Å². The van der Waals surface area contributed by atoms with Crippen LogP contribution in [-0.4, -0.2) is 46.9 Å². The van der Waals surface area contributed by atoms with Crippen LogP contribution in [0.1, 0.15) is 12.0 Å². The first-order valence-electron chi connectivity index (χ1n) is 6.44. The van der Waals surface area contributed by atoms with Crippen LogP contribution in [0.15, 0.2) is 29.2 Å². The minimum Gasteiger partial charge on any atom is -0.389 e. The number of hydrogen-bond acceptors (Lipinski definition) is 5. The highest BCUT2D eigenvalue weighted by molar-refractivity contribution is 7.89. The molecular weight excluding hydrogens is 312 g/mol. The molecule has 0 saturated heterocycles. The molecule has 0 saturated carbocycles. The average Bonchev–Trinajstić information content (AvgIpc) is 2.46. The second-order valence-corrected chi connectivity index (χ2v) is 6.39. The Kier molecular flexibility index (Phi) is 7.76. The molecule has 0 heterocycles. The van der Waals surface area contributed by atoms with Crippen molar-refractivity contribution in [2.24, 2.45) is 5.73 Å². The molecule has 3 N–H and O–H groups in total. The second-order valence-electron chi connectivity index (χ2n) is 4.22. The Morgan fingerprint density at radius 1 is 1.29 bits per heavy atom. The highest BCUT2D eigenvalue weighted by Crippen LogP contribution is 2.14. The van der Waals surface area contributed by atoms with E-state index in [2.05, 4.69) is 4.72 Å². The molecule has 0 atom stereocenters. The zero-order valence-electron chi connectivity index (χ0n) is 11.9. The van der Waals surface area contributed by atoms with Gasteiger partial charge in [0.1, 0.15) is 4.99 Å². The lowest BCUT2D eigenvalue weighted by Crippen LogP contribution is -2.28. The highest BCUT2D eigenvalue weighted by atomic mass is 32.2. The van der Waals surface area contributed by atoms with E-state index >= 15 is 0 Å². The summed E-state index contributed by atoms with van der Waals surface area (Å²) in [6.45, 7) is 1.75. The average molecular weight is 332 g/mol. The fourth-order valence-electron chi connectivity index (χ4n) is 1.61. The van der Waals surface area contributed by atoms with Gasteiger partial charge < -0.3 is 15.2 Å². The summed E-state index contributed by atoms with van der Waals surface area (Å²) in [7, 11) is -2.04. The summed E-state index contributed by atoms with van der Waals surface area (Å²) in [5.74, 6) is 0. The van der Waals surface area contributed by atoms with Crippen LogP contribution < -0.4 is 10.5 Å². The number of thiocarbonyl (C=S) groups is 1. The Balaban J connectivity index is 2.53. The molecule has 0 aromatic heterocycles. The summed E-state index contributed by atoms with van der Waals surface area (Å²) in [6.07, 6.45) is 0.568. The first-order chi connectivity index (χ1) is 9.99. The molecule has 21 heavy (non-hydrogen) atoms. The number of hydrogen-bond donors (Lipinski definition) is 2. The predicted octanol–water partition coefficient (Wildman–Crippen LogP) is 0.652. The minimum absolute atomic E-state index is 0.0545. The summed E-state index contributed by atoms with van der Waals surface area (Å²) in [5.41, 5.74) is 5.89. The first-order valence-corrected chi connectivity index (χ1v) is 8.33. The van der Waals surface area contributed by atoms with Crippen molar-refractivity contribution in [2.45, 2.75) is 11.3 Å². The molecule has 1 rings (SSSR count). The van der Waals surface area contributed by atoms with E-state index in [-0.39, 0.29) is 16.4 Å². The summed E-state index contributed by atoms with van der Waals surface area (Å²) in [5, 5.41) is 0. The molecule has 0 aliphatic rings. The van der Waals surface area contributed by atoms with Gasteiger partial charge in [0.25, 0.3) is 0 Å². The highest BCUT2D eigenvalue weighted by Gasteiger charge is 2.18. The quantitative estimate of drug-likeness (QED) is 0.483. The van der Waals surface area contributed by atoms with Gasteiger partial charge in [-0.3, -0.25) is 0 Å². The zero-order chi connectivity index (χ0) is 15.7. The third-order valence-electron chi connectivity index (χ3n) is 2.63. The van der Waals surface area contributed by atoms with Gasteiger partial charge in [-0.25, -0.2) is 13.1 Å². The molecule has 118 valence electrons. The fraction of sp³-hybridized carbons (Fsp3) is 0.462. The normalized spacial score (nSPS) is 11.5. The van der Waals surface area contributed by atoms with E-state index in [1.165, 1.54) is 6.07 Å². The number of nitrogens with one attached hydrogen (secondary N) is 1. The maximum atomic E-state index is 12.2. The summed E-state index contributed by atoms with van der Waals surface area (Å²) in [6, 6.07) is 6.39. The lowest BCUT2D eigenvalue weighted by atomic mass is 10.2. The van der Waals surface area contributed by atoms with Crippen LogP contribution in [0.5, 0.6) is 0 Å². The van der Waals surface area contributed by atoms with E-state index in [1.54, 1.807) is 25.3 Å². The van der Waals surface area contributed by atoms with Crippen molar-refractivity contribution in [3.8, 4) is 0 Å². The van der Waals surface area contributed by atoms with Crippen molar-refractivity contribution in [3.05, 3.63) is 29.8 Å². The van der Waals surface area contributed by atoms with Crippen molar-refractivity contribution in [2.75, 3.05) is 33.5 Å². The number of ether oxygens (including phenoxy) is 2. The van der Waals surface area contributed by atoms with E-state index in [1.807, 2.05) is 0 Å². The van der Waals surface area contributed by atoms with Crippen LogP contribution in [0.2, 0.25) is 0 Å². The number of sulfonamides is 1.